The minimum absolute atomic E-state index is 0.142. The van der Waals surface area contributed by atoms with Crippen LogP contribution in [0, 0.1) is 0 Å². The molecule has 3 nitrogen and oxygen atoms in total. The number of rotatable bonds is 1. The van der Waals surface area contributed by atoms with Crippen molar-refractivity contribution in [1.82, 2.24) is 10.3 Å². The number of nitrogens with zero attached hydrogens (tertiary/aromatic N) is 1. The Bertz CT molecular complexity index is 473. The summed E-state index contributed by atoms with van der Waals surface area (Å²) in [6.07, 6.45) is 1.97. The van der Waals surface area contributed by atoms with Crippen molar-refractivity contribution < 1.29 is 4.74 Å². The van der Waals surface area contributed by atoms with Crippen LogP contribution >= 0.6 is 0 Å². The fourth-order valence-electron chi connectivity index (χ4n) is 2.00. The van der Waals surface area contributed by atoms with Crippen LogP contribution in [-0.2, 0) is 4.74 Å². The van der Waals surface area contributed by atoms with Gasteiger partial charge in [-0.25, -0.2) is 0 Å². The van der Waals surface area contributed by atoms with Gasteiger partial charge in [-0.15, -0.1) is 0 Å². The molecule has 1 aliphatic rings. The van der Waals surface area contributed by atoms with Crippen LogP contribution in [-0.4, -0.2) is 18.3 Å². The quantitative estimate of drug-likeness (QED) is 0.762. The van der Waals surface area contributed by atoms with E-state index in [0.29, 0.717) is 6.73 Å². The maximum absolute atomic E-state index is 5.60. The normalized spacial score (nSPS) is 20.9. The summed E-state index contributed by atoms with van der Waals surface area (Å²) in [6, 6.07) is 10.3. The maximum Gasteiger partial charge on any atom is 0.0988 e. The van der Waals surface area contributed by atoms with Crippen molar-refractivity contribution in [3.05, 3.63) is 42.1 Å². The first kappa shape index (κ1) is 8.83. The molecule has 2 aromatic rings. The van der Waals surface area contributed by atoms with Gasteiger partial charge in [0.05, 0.1) is 18.4 Å². The number of ether oxygens (including phenoxy) is 1. The average Bonchev–Trinajstić information content (AvgIpc) is 2.82. The second-order valence-electron chi connectivity index (χ2n) is 3.68. The average molecular weight is 200 g/mol. The zero-order valence-corrected chi connectivity index (χ0v) is 8.31. The molecule has 0 amide bonds. The van der Waals surface area contributed by atoms with Crippen molar-refractivity contribution in [2.45, 2.75) is 6.10 Å². The SMILES string of the molecule is c1cnc2c(C3CNCO3)cccc2c1. The first-order valence-corrected chi connectivity index (χ1v) is 5.11. The van der Waals surface area contributed by atoms with E-state index in [1.165, 1.54) is 10.9 Å². The molecule has 0 saturated carbocycles. The molecule has 76 valence electrons. The minimum atomic E-state index is 0.142. The van der Waals surface area contributed by atoms with Crippen molar-refractivity contribution in [3.8, 4) is 0 Å². The molecule has 1 saturated heterocycles. The van der Waals surface area contributed by atoms with E-state index in [0.717, 1.165) is 12.1 Å². The molecule has 3 heteroatoms. The summed E-state index contributed by atoms with van der Waals surface area (Å²) in [6.45, 7) is 1.50. The Morgan fingerprint density at radius 3 is 3.07 bits per heavy atom. The summed E-state index contributed by atoms with van der Waals surface area (Å²) < 4.78 is 5.60. The molecule has 0 bridgehead atoms. The van der Waals surface area contributed by atoms with E-state index in [-0.39, 0.29) is 6.10 Å². The molecule has 3 rings (SSSR count). The van der Waals surface area contributed by atoms with E-state index >= 15 is 0 Å². The molecule has 1 fully saturated rings. The Morgan fingerprint density at radius 1 is 1.27 bits per heavy atom. The Morgan fingerprint density at radius 2 is 2.20 bits per heavy atom. The summed E-state index contributed by atoms with van der Waals surface area (Å²) in [7, 11) is 0. The van der Waals surface area contributed by atoms with Gasteiger partial charge in [-0.05, 0) is 6.07 Å². The van der Waals surface area contributed by atoms with Gasteiger partial charge in [0, 0.05) is 23.7 Å². The van der Waals surface area contributed by atoms with Gasteiger partial charge in [-0.1, -0.05) is 24.3 Å². The summed E-state index contributed by atoms with van der Waals surface area (Å²) in [4.78, 5) is 4.42. The Kier molecular flexibility index (Phi) is 2.12. The summed E-state index contributed by atoms with van der Waals surface area (Å²) >= 11 is 0. The van der Waals surface area contributed by atoms with Crippen LogP contribution in [0.4, 0.5) is 0 Å². The molecule has 1 atom stereocenters. The van der Waals surface area contributed by atoms with Crippen LogP contribution in [0.5, 0.6) is 0 Å². The number of benzene rings is 1. The number of fused-ring (bicyclic) bond motifs is 1. The highest BCUT2D eigenvalue weighted by Crippen LogP contribution is 2.26. The molecule has 0 spiro atoms. The molecule has 0 aliphatic carbocycles. The highest BCUT2D eigenvalue weighted by molar-refractivity contribution is 5.81. The summed E-state index contributed by atoms with van der Waals surface area (Å²) in [5.41, 5.74) is 2.23. The van der Waals surface area contributed by atoms with E-state index in [4.69, 9.17) is 4.74 Å². The van der Waals surface area contributed by atoms with Crippen LogP contribution in [0.15, 0.2) is 36.5 Å². The van der Waals surface area contributed by atoms with Gasteiger partial charge in [0.2, 0.25) is 0 Å². The highest BCUT2D eigenvalue weighted by atomic mass is 16.5. The number of hydrogen-bond donors (Lipinski definition) is 1. The summed E-state index contributed by atoms with van der Waals surface area (Å²) in [5, 5.41) is 4.36. The Hall–Kier alpha value is -1.45. The Balaban J connectivity index is 2.16. The van der Waals surface area contributed by atoms with Crippen LogP contribution in [0.1, 0.15) is 11.7 Å². The fourth-order valence-corrected chi connectivity index (χ4v) is 2.00. The fraction of sp³-hybridized carbons (Fsp3) is 0.250. The summed E-state index contributed by atoms with van der Waals surface area (Å²) in [5.74, 6) is 0. The van der Waals surface area contributed by atoms with Crippen LogP contribution in [0.25, 0.3) is 10.9 Å². The van der Waals surface area contributed by atoms with Crippen LogP contribution < -0.4 is 5.32 Å². The molecule has 2 heterocycles. The largest absolute Gasteiger partial charge is 0.357 e. The van der Waals surface area contributed by atoms with E-state index < -0.39 is 0 Å². The lowest BCUT2D eigenvalue weighted by Gasteiger charge is -2.10. The number of para-hydroxylation sites is 1. The third-order valence-electron chi connectivity index (χ3n) is 2.73. The number of pyridine rings is 1. The third-order valence-corrected chi connectivity index (χ3v) is 2.73. The monoisotopic (exact) mass is 200 g/mol. The topological polar surface area (TPSA) is 34.2 Å². The van der Waals surface area contributed by atoms with Crippen molar-refractivity contribution in [2.75, 3.05) is 13.3 Å². The predicted molar refractivity (Wildman–Crippen MR) is 58.4 cm³/mol. The zero-order chi connectivity index (χ0) is 10.1. The molecular formula is C12H12N2O. The number of aromatic nitrogens is 1. The van der Waals surface area contributed by atoms with Crippen molar-refractivity contribution in [3.63, 3.8) is 0 Å². The van der Waals surface area contributed by atoms with Gasteiger partial charge in [0.25, 0.3) is 0 Å². The van der Waals surface area contributed by atoms with Crippen molar-refractivity contribution >= 4 is 10.9 Å². The molecule has 1 unspecified atom stereocenters. The van der Waals surface area contributed by atoms with E-state index in [2.05, 4.69) is 34.6 Å². The molecule has 15 heavy (non-hydrogen) atoms. The van der Waals surface area contributed by atoms with Gasteiger partial charge in [0.1, 0.15) is 0 Å². The van der Waals surface area contributed by atoms with Gasteiger partial charge in [-0.3, -0.25) is 10.3 Å². The lowest BCUT2D eigenvalue weighted by atomic mass is 10.1. The molecule has 1 aromatic heterocycles. The molecule has 1 aromatic carbocycles. The second kappa shape index (κ2) is 3.61. The van der Waals surface area contributed by atoms with E-state index in [1.807, 2.05) is 12.3 Å². The van der Waals surface area contributed by atoms with Crippen molar-refractivity contribution in [2.24, 2.45) is 0 Å². The highest BCUT2D eigenvalue weighted by Gasteiger charge is 2.19. The van der Waals surface area contributed by atoms with Crippen LogP contribution in [0.2, 0.25) is 0 Å². The van der Waals surface area contributed by atoms with Gasteiger partial charge in [0.15, 0.2) is 0 Å². The smallest absolute Gasteiger partial charge is 0.0988 e. The first-order valence-electron chi connectivity index (χ1n) is 5.11. The van der Waals surface area contributed by atoms with Gasteiger partial charge < -0.3 is 4.74 Å². The lowest BCUT2D eigenvalue weighted by molar-refractivity contribution is 0.115. The number of nitrogens with one attached hydrogen (secondary N) is 1. The molecule has 1 aliphatic heterocycles. The van der Waals surface area contributed by atoms with E-state index in [9.17, 15) is 0 Å². The lowest BCUT2D eigenvalue weighted by Crippen LogP contribution is -2.08. The standard InChI is InChI=1S/C12H12N2O/c1-3-9-4-2-6-14-12(9)10(5-1)11-7-13-8-15-11/h1-6,11,13H,7-8H2. The van der Waals surface area contributed by atoms with Crippen molar-refractivity contribution in [1.29, 1.82) is 0 Å². The molecular weight excluding hydrogens is 188 g/mol. The maximum atomic E-state index is 5.60. The molecule has 1 N–H and O–H groups in total. The minimum Gasteiger partial charge on any atom is -0.357 e. The molecule has 0 radical (unpaired) electrons. The zero-order valence-electron chi connectivity index (χ0n) is 8.31. The first-order chi connectivity index (χ1) is 7.45. The van der Waals surface area contributed by atoms with E-state index in [1.54, 1.807) is 0 Å². The Labute approximate surface area is 88.1 Å². The van der Waals surface area contributed by atoms with Gasteiger partial charge >= 0.3 is 0 Å². The second-order valence-corrected chi connectivity index (χ2v) is 3.68. The number of hydrogen-bond acceptors (Lipinski definition) is 3. The van der Waals surface area contributed by atoms with Gasteiger partial charge in [-0.2, -0.15) is 0 Å². The predicted octanol–water partition coefficient (Wildman–Crippen LogP) is 1.85. The third kappa shape index (κ3) is 1.50. The van der Waals surface area contributed by atoms with Crippen LogP contribution in [0.3, 0.4) is 0 Å².